The maximum Gasteiger partial charge on any atom is 0.150 e. The van der Waals surface area contributed by atoms with Crippen molar-refractivity contribution in [2.75, 3.05) is 11.5 Å². The van der Waals surface area contributed by atoms with Crippen molar-refractivity contribution in [2.45, 2.75) is 18.9 Å². The number of nitrogens with one attached hydrogen (secondary N) is 1. The van der Waals surface area contributed by atoms with Gasteiger partial charge in [0, 0.05) is 6.04 Å². The van der Waals surface area contributed by atoms with Crippen LogP contribution in [0.4, 0.5) is 4.39 Å². The molecule has 0 amide bonds. The Morgan fingerprint density at radius 1 is 1.39 bits per heavy atom. The molecule has 1 heterocycles. The van der Waals surface area contributed by atoms with E-state index in [-0.39, 0.29) is 29.3 Å². The van der Waals surface area contributed by atoms with Crippen molar-refractivity contribution in [3.8, 4) is 0 Å². The topological polar surface area (TPSA) is 72.2 Å². The summed E-state index contributed by atoms with van der Waals surface area (Å²) in [6.45, 7) is 0. The molecular formula is C12H17FN2O2S. The van der Waals surface area contributed by atoms with E-state index in [9.17, 15) is 12.8 Å². The number of nitrogens with two attached hydrogens (primary N) is 1. The predicted molar refractivity (Wildman–Crippen MR) is 67.8 cm³/mol. The lowest BCUT2D eigenvalue weighted by molar-refractivity contribution is 0.421. The molecule has 0 radical (unpaired) electrons. The fourth-order valence-electron chi connectivity index (χ4n) is 2.39. The maximum absolute atomic E-state index is 12.8. The normalized spacial score (nSPS) is 24.0. The van der Waals surface area contributed by atoms with Gasteiger partial charge in [0.15, 0.2) is 9.84 Å². The lowest BCUT2D eigenvalue weighted by atomic mass is 9.95. The zero-order chi connectivity index (χ0) is 13.2. The van der Waals surface area contributed by atoms with Gasteiger partial charge in [0.25, 0.3) is 0 Å². The van der Waals surface area contributed by atoms with Crippen LogP contribution < -0.4 is 11.3 Å². The van der Waals surface area contributed by atoms with Crippen LogP contribution in [0.5, 0.6) is 0 Å². The quantitative estimate of drug-likeness (QED) is 0.637. The van der Waals surface area contributed by atoms with E-state index in [0.29, 0.717) is 12.8 Å². The summed E-state index contributed by atoms with van der Waals surface area (Å²) < 4.78 is 35.6. The lowest BCUT2D eigenvalue weighted by Gasteiger charge is -2.19. The molecule has 1 aliphatic heterocycles. The van der Waals surface area contributed by atoms with E-state index in [1.807, 2.05) is 0 Å². The van der Waals surface area contributed by atoms with Crippen molar-refractivity contribution in [3.63, 3.8) is 0 Å². The molecular weight excluding hydrogens is 255 g/mol. The van der Waals surface area contributed by atoms with Crippen LogP contribution in [0.25, 0.3) is 0 Å². The zero-order valence-corrected chi connectivity index (χ0v) is 10.8. The molecule has 3 N–H and O–H groups in total. The predicted octanol–water partition coefficient (Wildman–Crippen LogP) is 1.15. The minimum absolute atomic E-state index is 0.126. The van der Waals surface area contributed by atoms with Crippen molar-refractivity contribution >= 4 is 9.84 Å². The Kier molecular flexibility index (Phi) is 3.99. The number of sulfone groups is 1. The van der Waals surface area contributed by atoms with Crippen molar-refractivity contribution in [1.29, 1.82) is 0 Å². The highest BCUT2D eigenvalue weighted by Crippen LogP contribution is 2.28. The average Bonchev–Trinajstić information content (AvgIpc) is 2.67. The van der Waals surface area contributed by atoms with Crippen molar-refractivity contribution < 1.29 is 12.8 Å². The molecule has 1 aromatic rings. The molecule has 2 unspecified atom stereocenters. The molecule has 1 aromatic carbocycles. The highest BCUT2D eigenvalue weighted by Gasteiger charge is 2.29. The van der Waals surface area contributed by atoms with Gasteiger partial charge in [0.2, 0.25) is 0 Å². The monoisotopic (exact) mass is 272 g/mol. The maximum atomic E-state index is 12.8. The first kappa shape index (κ1) is 13.5. The second-order valence-corrected chi connectivity index (χ2v) is 7.00. The minimum atomic E-state index is -2.87. The highest BCUT2D eigenvalue weighted by molar-refractivity contribution is 7.91. The van der Waals surface area contributed by atoms with Crippen molar-refractivity contribution in [1.82, 2.24) is 5.43 Å². The summed E-state index contributed by atoms with van der Waals surface area (Å²) in [6, 6.07) is 5.96. The van der Waals surface area contributed by atoms with E-state index in [1.54, 1.807) is 12.1 Å². The SMILES string of the molecule is NNC(CC1CCS(=O)(=O)C1)c1ccc(F)cc1. The second-order valence-electron chi connectivity index (χ2n) is 4.78. The smallest absolute Gasteiger partial charge is 0.150 e. The molecule has 18 heavy (non-hydrogen) atoms. The van der Waals surface area contributed by atoms with Gasteiger partial charge in [-0.2, -0.15) is 0 Å². The summed E-state index contributed by atoms with van der Waals surface area (Å²) in [5.74, 6) is 5.82. The van der Waals surface area contributed by atoms with Crippen LogP contribution in [-0.2, 0) is 9.84 Å². The van der Waals surface area contributed by atoms with Gasteiger partial charge >= 0.3 is 0 Å². The highest BCUT2D eigenvalue weighted by atomic mass is 32.2. The molecule has 2 atom stereocenters. The molecule has 1 saturated heterocycles. The van der Waals surface area contributed by atoms with Crippen LogP contribution in [-0.4, -0.2) is 19.9 Å². The Morgan fingerprint density at radius 2 is 2.06 bits per heavy atom. The van der Waals surface area contributed by atoms with Gasteiger partial charge in [-0.25, -0.2) is 12.8 Å². The summed E-state index contributed by atoms with van der Waals surface area (Å²) in [6.07, 6.45) is 1.34. The number of benzene rings is 1. The summed E-state index contributed by atoms with van der Waals surface area (Å²) in [7, 11) is -2.87. The molecule has 0 spiro atoms. The van der Waals surface area contributed by atoms with E-state index in [0.717, 1.165) is 5.56 Å². The Morgan fingerprint density at radius 3 is 2.56 bits per heavy atom. The zero-order valence-electron chi connectivity index (χ0n) is 9.97. The van der Waals surface area contributed by atoms with Gasteiger partial charge < -0.3 is 0 Å². The standard InChI is InChI=1S/C12H17FN2O2S/c13-11-3-1-10(2-4-11)12(15-14)7-9-5-6-18(16,17)8-9/h1-4,9,12,15H,5-8,14H2. The van der Waals surface area contributed by atoms with Crippen molar-refractivity contribution in [2.24, 2.45) is 11.8 Å². The van der Waals surface area contributed by atoms with Crippen LogP contribution in [0.1, 0.15) is 24.4 Å². The van der Waals surface area contributed by atoms with E-state index in [4.69, 9.17) is 5.84 Å². The Balaban J connectivity index is 2.04. The first-order chi connectivity index (χ1) is 8.50. The summed E-state index contributed by atoms with van der Waals surface area (Å²) in [5, 5.41) is 0. The molecule has 100 valence electrons. The Bertz CT molecular complexity index is 501. The molecule has 1 aliphatic rings. The summed E-state index contributed by atoms with van der Waals surface area (Å²) in [5.41, 5.74) is 3.55. The molecule has 6 heteroatoms. The molecule has 1 fully saturated rings. The van der Waals surface area contributed by atoms with Crippen molar-refractivity contribution in [3.05, 3.63) is 35.6 Å². The molecule has 0 aromatic heterocycles. The first-order valence-electron chi connectivity index (χ1n) is 5.92. The van der Waals surface area contributed by atoms with Gasteiger partial charge in [0.1, 0.15) is 5.82 Å². The molecule has 0 aliphatic carbocycles. The number of halogens is 1. The summed E-state index contributed by atoms with van der Waals surface area (Å²) >= 11 is 0. The van der Waals surface area contributed by atoms with Crippen LogP contribution in [0.2, 0.25) is 0 Å². The number of hydrogen-bond donors (Lipinski definition) is 2. The van der Waals surface area contributed by atoms with E-state index >= 15 is 0 Å². The van der Waals surface area contributed by atoms with E-state index in [2.05, 4.69) is 5.43 Å². The number of hydrogen-bond acceptors (Lipinski definition) is 4. The van der Waals surface area contributed by atoms with Gasteiger partial charge in [-0.15, -0.1) is 0 Å². The Hall–Kier alpha value is -0.980. The number of rotatable bonds is 4. The van der Waals surface area contributed by atoms with Crippen LogP contribution in [0.15, 0.2) is 24.3 Å². The first-order valence-corrected chi connectivity index (χ1v) is 7.74. The minimum Gasteiger partial charge on any atom is -0.271 e. The summed E-state index contributed by atoms with van der Waals surface area (Å²) in [4.78, 5) is 0. The van der Waals surface area contributed by atoms with Crippen LogP contribution in [0, 0.1) is 11.7 Å². The van der Waals surface area contributed by atoms with E-state index < -0.39 is 9.84 Å². The molecule has 0 bridgehead atoms. The molecule has 2 rings (SSSR count). The van der Waals surface area contributed by atoms with Gasteiger partial charge in [-0.1, -0.05) is 12.1 Å². The fourth-order valence-corrected chi connectivity index (χ4v) is 4.27. The second kappa shape index (κ2) is 5.34. The van der Waals surface area contributed by atoms with E-state index in [1.165, 1.54) is 12.1 Å². The fraction of sp³-hybridized carbons (Fsp3) is 0.500. The van der Waals surface area contributed by atoms with Crippen LogP contribution >= 0.6 is 0 Å². The Labute approximate surface area is 106 Å². The van der Waals surface area contributed by atoms with Gasteiger partial charge in [-0.05, 0) is 36.5 Å². The van der Waals surface area contributed by atoms with Gasteiger partial charge in [0.05, 0.1) is 11.5 Å². The van der Waals surface area contributed by atoms with Gasteiger partial charge in [-0.3, -0.25) is 11.3 Å². The van der Waals surface area contributed by atoms with Crippen LogP contribution in [0.3, 0.4) is 0 Å². The largest absolute Gasteiger partial charge is 0.271 e. The third-order valence-corrected chi connectivity index (χ3v) is 5.21. The average molecular weight is 272 g/mol. The third-order valence-electron chi connectivity index (χ3n) is 3.37. The molecule has 4 nitrogen and oxygen atoms in total. The third kappa shape index (κ3) is 3.28. The number of hydrazine groups is 1. The lowest BCUT2D eigenvalue weighted by Crippen LogP contribution is -2.30. The molecule has 0 saturated carbocycles.